The Kier molecular flexibility index (Phi) is 8.86. The van der Waals surface area contributed by atoms with Crippen LogP contribution in [0.3, 0.4) is 0 Å². The summed E-state index contributed by atoms with van der Waals surface area (Å²) in [5.41, 5.74) is 2.48. The van der Waals surface area contributed by atoms with E-state index < -0.39 is 0 Å². The van der Waals surface area contributed by atoms with Gasteiger partial charge in [0, 0.05) is 31.3 Å². The van der Waals surface area contributed by atoms with E-state index in [-0.39, 0.29) is 29.8 Å². The Balaban J connectivity index is 0.00000280. The van der Waals surface area contributed by atoms with E-state index >= 15 is 0 Å². The van der Waals surface area contributed by atoms with Gasteiger partial charge >= 0.3 is 0 Å². The molecule has 0 unspecified atom stereocenters. The van der Waals surface area contributed by atoms with Crippen molar-refractivity contribution in [1.29, 1.82) is 0 Å². The molecule has 2 aromatic heterocycles. The highest BCUT2D eigenvalue weighted by molar-refractivity contribution is 14.0. The van der Waals surface area contributed by atoms with Crippen molar-refractivity contribution in [2.45, 2.75) is 19.9 Å². The molecule has 3 aromatic rings. The molecule has 0 aliphatic rings. The molecular weight excluding hydrogens is 472 g/mol. The highest BCUT2D eigenvalue weighted by Crippen LogP contribution is 2.18. The van der Waals surface area contributed by atoms with E-state index in [9.17, 15) is 4.39 Å². The summed E-state index contributed by atoms with van der Waals surface area (Å²) < 4.78 is 18.5. The van der Waals surface area contributed by atoms with Crippen LogP contribution in [-0.4, -0.2) is 29.0 Å². The van der Waals surface area contributed by atoms with Gasteiger partial charge in [0.2, 0.25) is 5.89 Å². The van der Waals surface area contributed by atoms with Gasteiger partial charge < -0.3 is 15.1 Å². The number of benzene rings is 1. The minimum Gasteiger partial charge on any atom is -0.444 e. The monoisotopic (exact) mass is 495 g/mol. The van der Waals surface area contributed by atoms with Crippen molar-refractivity contribution in [3.05, 3.63) is 72.1 Å². The van der Waals surface area contributed by atoms with Crippen LogP contribution in [0, 0.1) is 5.82 Å². The number of hydrogen-bond donors (Lipinski definition) is 2. The lowest BCUT2D eigenvalue weighted by molar-refractivity contribution is 0.571. The maximum absolute atomic E-state index is 13.0. The molecular formula is C20H23FIN5O. The second-order valence-electron chi connectivity index (χ2n) is 5.84. The van der Waals surface area contributed by atoms with E-state index in [2.05, 4.69) is 25.6 Å². The van der Waals surface area contributed by atoms with Crippen LogP contribution in [0.1, 0.15) is 18.3 Å². The third-order valence-corrected chi connectivity index (χ3v) is 3.79. The number of guanidine groups is 1. The fourth-order valence-corrected chi connectivity index (χ4v) is 2.45. The Morgan fingerprint density at radius 3 is 2.64 bits per heavy atom. The van der Waals surface area contributed by atoms with Crippen molar-refractivity contribution >= 4 is 29.9 Å². The summed E-state index contributed by atoms with van der Waals surface area (Å²) in [6.45, 7) is 3.95. The number of aromatic nitrogens is 2. The van der Waals surface area contributed by atoms with Crippen molar-refractivity contribution in [3.63, 3.8) is 0 Å². The highest BCUT2D eigenvalue weighted by Gasteiger charge is 2.07. The first-order chi connectivity index (χ1) is 13.2. The van der Waals surface area contributed by atoms with Crippen molar-refractivity contribution in [2.24, 2.45) is 4.99 Å². The van der Waals surface area contributed by atoms with E-state index in [0.717, 1.165) is 29.5 Å². The van der Waals surface area contributed by atoms with Gasteiger partial charge in [-0.1, -0.05) is 6.07 Å². The second-order valence-corrected chi connectivity index (χ2v) is 5.84. The number of nitrogens with one attached hydrogen (secondary N) is 2. The second kappa shape index (κ2) is 11.4. The largest absolute Gasteiger partial charge is 0.444 e. The quantitative estimate of drug-likeness (QED) is 0.297. The van der Waals surface area contributed by atoms with Gasteiger partial charge in [0.15, 0.2) is 5.96 Å². The summed E-state index contributed by atoms with van der Waals surface area (Å²) >= 11 is 0. The minimum absolute atomic E-state index is 0. The molecule has 0 saturated carbocycles. The van der Waals surface area contributed by atoms with Gasteiger partial charge in [-0.2, -0.15) is 0 Å². The van der Waals surface area contributed by atoms with E-state index in [0.29, 0.717) is 25.4 Å². The fourth-order valence-electron chi connectivity index (χ4n) is 2.45. The van der Waals surface area contributed by atoms with Crippen molar-refractivity contribution in [2.75, 3.05) is 13.1 Å². The van der Waals surface area contributed by atoms with Gasteiger partial charge in [-0.3, -0.25) is 4.98 Å². The summed E-state index contributed by atoms with van der Waals surface area (Å²) in [4.78, 5) is 13.2. The summed E-state index contributed by atoms with van der Waals surface area (Å²) in [5, 5.41) is 6.48. The van der Waals surface area contributed by atoms with Gasteiger partial charge in [0.25, 0.3) is 0 Å². The smallest absolute Gasteiger partial charge is 0.226 e. The third-order valence-electron chi connectivity index (χ3n) is 3.79. The Bertz CT molecular complexity index is 868. The summed E-state index contributed by atoms with van der Waals surface area (Å²) in [6, 6.07) is 11.9. The van der Waals surface area contributed by atoms with Crippen molar-refractivity contribution in [1.82, 2.24) is 20.6 Å². The van der Waals surface area contributed by atoms with Crippen molar-refractivity contribution < 1.29 is 8.81 Å². The van der Waals surface area contributed by atoms with Crippen LogP contribution in [-0.2, 0) is 13.0 Å². The molecule has 0 spiro atoms. The normalized spacial score (nSPS) is 11.0. The lowest BCUT2D eigenvalue weighted by atomic mass is 10.2. The first-order valence-electron chi connectivity index (χ1n) is 8.87. The number of hydrogen-bond acceptors (Lipinski definition) is 4. The van der Waals surface area contributed by atoms with Crippen LogP contribution < -0.4 is 10.6 Å². The zero-order valence-corrected chi connectivity index (χ0v) is 17.9. The lowest BCUT2D eigenvalue weighted by Crippen LogP contribution is -2.38. The predicted octanol–water partition coefficient (Wildman–Crippen LogP) is 3.79. The maximum atomic E-state index is 13.0. The van der Waals surface area contributed by atoms with E-state index in [1.54, 1.807) is 24.6 Å². The third kappa shape index (κ3) is 6.59. The van der Waals surface area contributed by atoms with E-state index in [4.69, 9.17) is 4.42 Å². The summed E-state index contributed by atoms with van der Waals surface area (Å²) in [7, 11) is 0. The zero-order valence-electron chi connectivity index (χ0n) is 15.6. The average Bonchev–Trinajstić information content (AvgIpc) is 3.16. The molecule has 1 aromatic carbocycles. The highest BCUT2D eigenvalue weighted by atomic mass is 127. The first kappa shape index (κ1) is 21.8. The molecule has 8 heteroatoms. The van der Waals surface area contributed by atoms with Crippen LogP contribution in [0.5, 0.6) is 0 Å². The van der Waals surface area contributed by atoms with Gasteiger partial charge in [0.1, 0.15) is 12.1 Å². The number of rotatable bonds is 7. The van der Waals surface area contributed by atoms with Gasteiger partial charge in [0.05, 0.1) is 17.9 Å². The maximum Gasteiger partial charge on any atom is 0.226 e. The number of pyridine rings is 1. The topological polar surface area (TPSA) is 75.3 Å². The molecule has 0 amide bonds. The molecule has 0 bridgehead atoms. The Morgan fingerprint density at radius 2 is 1.93 bits per heavy atom. The van der Waals surface area contributed by atoms with Gasteiger partial charge in [-0.15, -0.1) is 24.0 Å². The number of oxazole rings is 1. The van der Waals surface area contributed by atoms with Crippen LogP contribution in [0.25, 0.3) is 11.5 Å². The fraction of sp³-hybridized carbons (Fsp3) is 0.250. The minimum atomic E-state index is -0.282. The molecule has 28 heavy (non-hydrogen) atoms. The number of nitrogens with zero attached hydrogens (tertiary/aromatic N) is 3. The van der Waals surface area contributed by atoms with Crippen LogP contribution >= 0.6 is 24.0 Å². The average molecular weight is 495 g/mol. The van der Waals surface area contributed by atoms with Crippen LogP contribution in [0.4, 0.5) is 4.39 Å². The molecule has 0 atom stereocenters. The molecule has 2 heterocycles. The molecule has 0 aliphatic carbocycles. The molecule has 148 valence electrons. The molecule has 0 radical (unpaired) electrons. The number of aliphatic imine (C=N–C) groups is 1. The van der Waals surface area contributed by atoms with Gasteiger partial charge in [-0.05, 0) is 43.3 Å². The predicted molar refractivity (Wildman–Crippen MR) is 118 cm³/mol. The molecule has 6 nitrogen and oxygen atoms in total. The van der Waals surface area contributed by atoms with E-state index in [1.807, 2.05) is 25.1 Å². The SMILES string of the molecule is CCNC(=NCc1ccccn1)NCCc1coc(-c2ccc(F)cc2)n1.I. The lowest BCUT2D eigenvalue weighted by Gasteiger charge is -2.10. The summed E-state index contributed by atoms with van der Waals surface area (Å²) in [6.07, 6.45) is 4.06. The standard InChI is InChI=1S/C20H22FN5O.HI/c1-2-22-20(25-13-17-5-3-4-11-23-17)24-12-10-18-14-27-19(26-18)15-6-8-16(21)9-7-15;/h3-9,11,14H,2,10,12-13H2,1H3,(H2,22,24,25);1H. The molecule has 0 fully saturated rings. The molecule has 3 rings (SSSR count). The summed E-state index contributed by atoms with van der Waals surface area (Å²) in [5.74, 6) is 0.932. The van der Waals surface area contributed by atoms with Gasteiger partial charge in [-0.25, -0.2) is 14.4 Å². The molecule has 2 N–H and O–H groups in total. The van der Waals surface area contributed by atoms with E-state index in [1.165, 1.54) is 12.1 Å². The number of halogens is 2. The van der Waals surface area contributed by atoms with Crippen LogP contribution in [0.2, 0.25) is 0 Å². The molecule has 0 aliphatic heterocycles. The van der Waals surface area contributed by atoms with Crippen molar-refractivity contribution in [3.8, 4) is 11.5 Å². The Labute approximate surface area is 180 Å². The molecule has 0 saturated heterocycles. The Hall–Kier alpha value is -2.49. The Morgan fingerprint density at radius 1 is 1.11 bits per heavy atom. The first-order valence-corrected chi connectivity index (χ1v) is 8.87. The van der Waals surface area contributed by atoms with Crippen LogP contribution in [0.15, 0.2) is 64.3 Å². The zero-order chi connectivity index (χ0) is 18.9.